The van der Waals surface area contributed by atoms with Crippen LogP contribution >= 0.6 is 0 Å². The van der Waals surface area contributed by atoms with Crippen LogP contribution in [0.2, 0.25) is 0 Å². The molecule has 1 rings (SSSR count). The molecule has 0 aliphatic heterocycles. The predicted molar refractivity (Wildman–Crippen MR) is 78.7 cm³/mol. The van der Waals surface area contributed by atoms with Gasteiger partial charge in [-0.15, -0.1) is 0 Å². The van der Waals surface area contributed by atoms with Crippen LogP contribution in [0.15, 0.2) is 18.2 Å². The first kappa shape index (κ1) is 15.5. The lowest BCUT2D eigenvalue weighted by Crippen LogP contribution is -2.26. The molecule has 0 fully saturated rings. The third-order valence-electron chi connectivity index (χ3n) is 3.18. The minimum absolute atomic E-state index is 0.0593. The van der Waals surface area contributed by atoms with Gasteiger partial charge in [0.1, 0.15) is 5.75 Å². The molecule has 0 aromatic heterocycles. The van der Waals surface area contributed by atoms with Gasteiger partial charge in [0.15, 0.2) is 0 Å². The lowest BCUT2D eigenvalue weighted by molar-refractivity contribution is -0.120. The molecular formula is C16H25NO2. The summed E-state index contributed by atoms with van der Waals surface area (Å²) in [4.78, 5) is 11.8. The second kappa shape index (κ2) is 7.82. The highest BCUT2D eigenvalue weighted by atomic mass is 16.5. The van der Waals surface area contributed by atoms with Crippen molar-refractivity contribution in [3.05, 3.63) is 29.3 Å². The second-order valence-electron chi connectivity index (χ2n) is 5.11. The van der Waals surface area contributed by atoms with E-state index in [4.69, 9.17) is 4.74 Å². The van der Waals surface area contributed by atoms with E-state index in [0.717, 1.165) is 30.7 Å². The van der Waals surface area contributed by atoms with Crippen molar-refractivity contribution in [1.82, 2.24) is 5.32 Å². The molecule has 1 N–H and O–H groups in total. The Morgan fingerprint density at radius 3 is 2.68 bits per heavy atom. The molecule has 1 aromatic rings. The van der Waals surface area contributed by atoms with Gasteiger partial charge in [0.05, 0.1) is 13.5 Å². The largest absolute Gasteiger partial charge is 0.496 e. The zero-order valence-electron chi connectivity index (χ0n) is 12.5. The highest BCUT2D eigenvalue weighted by molar-refractivity contribution is 5.79. The van der Waals surface area contributed by atoms with Crippen molar-refractivity contribution >= 4 is 5.91 Å². The predicted octanol–water partition coefficient (Wildman–Crippen LogP) is 3.28. The van der Waals surface area contributed by atoms with Crippen molar-refractivity contribution in [3.63, 3.8) is 0 Å². The Kier molecular flexibility index (Phi) is 6.40. The van der Waals surface area contributed by atoms with Gasteiger partial charge in [0, 0.05) is 12.1 Å². The molecule has 0 heterocycles. The fourth-order valence-electron chi connectivity index (χ4n) is 1.91. The zero-order chi connectivity index (χ0) is 14.3. The molecule has 0 bridgehead atoms. The first-order valence-corrected chi connectivity index (χ1v) is 7.02. The van der Waals surface area contributed by atoms with E-state index in [2.05, 4.69) is 32.2 Å². The summed E-state index contributed by atoms with van der Waals surface area (Å²) in [5.41, 5.74) is 2.17. The first-order chi connectivity index (χ1) is 9.08. The van der Waals surface area contributed by atoms with E-state index in [1.165, 1.54) is 5.56 Å². The van der Waals surface area contributed by atoms with Crippen molar-refractivity contribution in [1.29, 1.82) is 0 Å². The molecule has 0 aliphatic rings. The molecule has 3 nitrogen and oxygen atoms in total. The molecule has 0 aliphatic carbocycles. The number of methoxy groups -OCH3 is 1. The number of amides is 1. The van der Waals surface area contributed by atoms with Crippen LogP contribution in [0, 0.1) is 0 Å². The normalized spacial score (nSPS) is 10.6. The van der Waals surface area contributed by atoms with Gasteiger partial charge >= 0.3 is 0 Å². The van der Waals surface area contributed by atoms with Crippen LogP contribution in [-0.4, -0.2) is 19.6 Å². The molecule has 0 atom stereocenters. The second-order valence-corrected chi connectivity index (χ2v) is 5.11. The molecule has 0 spiro atoms. The summed E-state index contributed by atoms with van der Waals surface area (Å²) >= 11 is 0. The van der Waals surface area contributed by atoms with Gasteiger partial charge in [-0.25, -0.2) is 0 Å². The van der Waals surface area contributed by atoms with Gasteiger partial charge in [-0.05, 0) is 24.0 Å². The number of benzene rings is 1. The van der Waals surface area contributed by atoms with E-state index >= 15 is 0 Å². The first-order valence-electron chi connectivity index (χ1n) is 7.02. The summed E-state index contributed by atoms with van der Waals surface area (Å²) in [6, 6.07) is 6.09. The maximum Gasteiger partial charge on any atom is 0.224 e. The van der Waals surface area contributed by atoms with Crippen molar-refractivity contribution in [2.24, 2.45) is 0 Å². The van der Waals surface area contributed by atoms with Crippen LogP contribution in [0.25, 0.3) is 0 Å². The third kappa shape index (κ3) is 4.93. The molecule has 1 amide bonds. The van der Waals surface area contributed by atoms with Gasteiger partial charge < -0.3 is 10.1 Å². The fourth-order valence-corrected chi connectivity index (χ4v) is 1.91. The van der Waals surface area contributed by atoms with E-state index in [0.29, 0.717) is 12.3 Å². The Hall–Kier alpha value is -1.51. The zero-order valence-corrected chi connectivity index (χ0v) is 12.5. The Morgan fingerprint density at radius 2 is 2.11 bits per heavy atom. The summed E-state index contributed by atoms with van der Waals surface area (Å²) in [5, 5.41) is 2.93. The number of carbonyl (C=O) groups is 1. The molecular weight excluding hydrogens is 238 g/mol. The Balaban J connectivity index is 2.69. The summed E-state index contributed by atoms with van der Waals surface area (Å²) < 4.78 is 5.38. The van der Waals surface area contributed by atoms with Crippen LogP contribution in [0.5, 0.6) is 5.75 Å². The highest BCUT2D eigenvalue weighted by Crippen LogP contribution is 2.25. The standard InChI is InChI=1S/C16H25NO2/c1-5-6-9-17-16(18)11-14-8-7-13(12(2)3)10-15(14)19-4/h7-8,10,12H,5-6,9,11H2,1-4H3,(H,17,18). The van der Waals surface area contributed by atoms with Gasteiger partial charge in [-0.1, -0.05) is 39.3 Å². The van der Waals surface area contributed by atoms with E-state index < -0.39 is 0 Å². The smallest absolute Gasteiger partial charge is 0.224 e. The summed E-state index contributed by atoms with van der Waals surface area (Å²) in [6.07, 6.45) is 2.49. The molecule has 3 heteroatoms. The Bertz CT molecular complexity index is 413. The molecule has 0 radical (unpaired) electrons. The van der Waals surface area contributed by atoms with E-state index in [1.807, 2.05) is 12.1 Å². The highest BCUT2D eigenvalue weighted by Gasteiger charge is 2.10. The van der Waals surface area contributed by atoms with Crippen molar-refractivity contribution < 1.29 is 9.53 Å². The van der Waals surface area contributed by atoms with Crippen LogP contribution < -0.4 is 10.1 Å². The third-order valence-corrected chi connectivity index (χ3v) is 3.18. The lowest BCUT2D eigenvalue weighted by atomic mass is 9.99. The SMILES string of the molecule is CCCCNC(=O)Cc1ccc(C(C)C)cc1OC. The number of unbranched alkanes of at least 4 members (excludes halogenated alkanes) is 1. The molecule has 0 saturated carbocycles. The summed E-state index contributed by atoms with van der Waals surface area (Å²) in [7, 11) is 1.65. The number of nitrogens with one attached hydrogen (secondary N) is 1. The lowest BCUT2D eigenvalue weighted by Gasteiger charge is -2.12. The number of carbonyl (C=O) groups excluding carboxylic acids is 1. The van der Waals surface area contributed by atoms with E-state index in [1.54, 1.807) is 7.11 Å². The van der Waals surface area contributed by atoms with Gasteiger partial charge in [-0.3, -0.25) is 4.79 Å². The van der Waals surface area contributed by atoms with Crippen LogP contribution in [0.3, 0.4) is 0 Å². The van der Waals surface area contributed by atoms with Crippen molar-refractivity contribution in [2.75, 3.05) is 13.7 Å². The minimum atomic E-state index is 0.0593. The van der Waals surface area contributed by atoms with Crippen LogP contribution in [-0.2, 0) is 11.2 Å². The average molecular weight is 263 g/mol. The van der Waals surface area contributed by atoms with Gasteiger partial charge in [0.2, 0.25) is 5.91 Å². The molecule has 0 unspecified atom stereocenters. The van der Waals surface area contributed by atoms with Crippen LogP contribution in [0.1, 0.15) is 50.7 Å². The quantitative estimate of drug-likeness (QED) is 0.767. The van der Waals surface area contributed by atoms with Crippen molar-refractivity contribution in [2.45, 2.75) is 46.0 Å². The fraction of sp³-hybridized carbons (Fsp3) is 0.562. The monoisotopic (exact) mass is 263 g/mol. The number of hydrogen-bond donors (Lipinski definition) is 1. The van der Waals surface area contributed by atoms with Crippen molar-refractivity contribution in [3.8, 4) is 5.75 Å². The topological polar surface area (TPSA) is 38.3 Å². The Morgan fingerprint density at radius 1 is 1.37 bits per heavy atom. The minimum Gasteiger partial charge on any atom is -0.496 e. The molecule has 0 saturated heterocycles. The molecule has 1 aromatic carbocycles. The maximum atomic E-state index is 11.8. The van der Waals surface area contributed by atoms with Crippen LogP contribution in [0.4, 0.5) is 0 Å². The molecule has 19 heavy (non-hydrogen) atoms. The molecule has 106 valence electrons. The summed E-state index contributed by atoms with van der Waals surface area (Å²) in [5.74, 6) is 1.32. The number of hydrogen-bond acceptors (Lipinski definition) is 2. The average Bonchev–Trinajstić information content (AvgIpc) is 2.39. The number of ether oxygens (including phenoxy) is 1. The Labute approximate surface area is 116 Å². The van der Waals surface area contributed by atoms with E-state index in [-0.39, 0.29) is 5.91 Å². The number of rotatable bonds is 7. The maximum absolute atomic E-state index is 11.8. The van der Waals surface area contributed by atoms with Gasteiger partial charge in [0.25, 0.3) is 0 Å². The van der Waals surface area contributed by atoms with E-state index in [9.17, 15) is 4.79 Å². The summed E-state index contributed by atoms with van der Waals surface area (Å²) in [6.45, 7) is 7.15. The van der Waals surface area contributed by atoms with Gasteiger partial charge in [-0.2, -0.15) is 0 Å².